The molecule has 3 aromatic rings. The van der Waals surface area contributed by atoms with E-state index < -0.39 is 5.91 Å². The van der Waals surface area contributed by atoms with Gasteiger partial charge in [0.1, 0.15) is 11.5 Å². The number of hydrogen-bond donors (Lipinski definition) is 1. The molecule has 146 valence electrons. The number of likely N-dealkylation sites (tertiary alicyclic amines) is 1. The molecule has 3 aromatic carbocycles. The molecule has 1 aliphatic heterocycles. The van der Waals surface area contributed by atoms with Gasteiger partial charge < -0.3 is 15.4 Å². The van der Waals surface area contributed by atoms with Crippen molar-refractivity contribution in [3.8, 4) is 11.5 Å². The summed E-state index contributed by atoms with van der Waals surface area (Å²) in [6, 6.07) is 24.1. The molecule has 0 saturated carbocycles. The first-order chi connectivity index (χ1) is 14.1. The number of carbonyl (C=O) groups excluding carboxylic acids is 2. The summed E-state index contributed by atoms with van der Waals surface area (Å²) in [6.45, 7) is 0.767. The number of carbonyl (C=O) groups is 2. The smallest absolute Gasteiger partial charge is 0.254 e. The molecule has 0 spiro atoms. The van der Waals surface area contributed by atoms with E-state index in [2.05, 4.69) is 12.1 Å². The highest BCUT2D eigenvalue weighted by molar-refractivity contribution is 5.95. The minimum atomic E-state index is -0.477. The van der Waals surface area contributed by atoms with Crippen molar-refractivity contribution in [3.63, 3.8) is 0 Å². The Morgan fingerprint density at radius 3 is 2.00 bits per heavy atom. The highest BCUT2D eigenvalue weighted by Gasteiger charge is 2.30. The van der Waals surface area contributed by atoms with Crippen LogP contribution in [-0.2, 0) is 0 Å². The Balaban J connectivity index is 1.46. The van der Waals surface area contributed by atoms with Crippen LogP contribution in [0.4, 0.5) is 0 Å². The van der Waals surface area contributed by atoms with Crippen molar-refractivity contribution in [2.24, 2.45) is 5.73 Å². The summed E-state index contributed by atoms with van der Waals surface area (Å²) >= 11 is 0. The van der Waals surface area contributed by atoms with Gasteiger partial charge in [-0.2, -0.15) is 0 Å². The summed E-state index contributed by atoms with van der Waals surface area (Å²) in [5.41, 5.74) is 7.49. The predicted molar refractivity (Wildman–Crippen MR) is 111 cm³/mol. The van der Waals surface area contributed by atoms with Crippen LogP contribution in [0, 0.1) is 0 Å². The van der Waals surface area contributed by atoms with Crippen LogP contribution < -0.4 is 10.5 Å². The third-order valence-electron chi connectivity index (χ3n) is 5.17. The summed E-state index contributed by atoms with van der Waals surface area (Å²) in [7, 11) is 0. The van der Waals surface area contributed by atoms with Crippen LogP contribution in [0.5, 0.6) is 11.5 Å². The van der Waals surface area contributed by atoms with Crippen molar-refractivity contribution in [1.29, 1.82) is 0 Å². The zero-order chi connectivity index (χ0) is 20.2. The highest BCUT2D eigenvalue weighted by Crippen LogP contribution is 2.33. The second-order valence-corrected chi connectivity index (χ2v) is 7.08. The van der Waals surface area contributed by atoms with Gasteiger partial charge in [0.25, 0.3) is 5.91 Å². The molecule has 4 rings (SSSR count). The minimum absolute atomic E-state index is 0.0358. The van der Waals surface area contributed by atoms with Crippen molar-refractivity contribution in [1.82, 2.24) is 4.90 Å². The van der Waals surface area contributed by atoms with Crippen molar-refractivity contribution in [2.45, 2.75) is 18.9 Å². The number of nitrogens with two attached hydrogens (primary N) is 1. The Hall–Kier alpha value is -3.60. The molecule has 5 nitrogen and oxygen atoms in total. The molecule has 0 bridgehead atoms. The van der Waals surface area contributed by atoms with Gasteiger partial charge in [-0.3, -0.25) is 9.59 Å². The maximum absolute atomic E-state index is 13.0. The Kier molecular flexibility index (Phi) is 5.29. The summed E-state index contributed by atoms with van der Waals surface area (Å²) in [4.78, 5) is 26.1. The van der Waals surface area contributed by atoms with Crippen molar-refractivity contribution < 1.29 is 14.3 Å². The molecule has 1 atom stereocenters. The molecule has 1 fully saturated rings. The van der Waals surface area contributed by atoms with Gasteiger partial charge in [-0.15, -0.1) is 0 Å². The van der Waals surface area contributed by atoms with E-state index in [1.165, 1.54) is 5.56 Å². The van der Waals surface area contributed by atoms with E-state index in [1.807, 2.05) is 23.1 Å². The monoisotopic (exact) mass is 386 g/mol. The second-order valence-electron chi connectivity index (χ2n) is 7.08. The molecule has 1 aliphatic rings. The van der Waals surface area contributed by atoms with Gasteiger partial charge in [0.05, 0.1) is 6.04 Å². The van der Waals surface area contributed by atoms with Crippen LogP contribution in [0.3, 0.4) is 0 Å². The average Bonchev–Trinajstić information content (AvgIpc) is 3.25. The molecule has 1 unspecified atom stereocenters. The Morgan fingerprint density at radius 2 is 1.41 bits per heavy atom. The second kappa shape index (κ2) is 8.19. The van der Waals surface area contributed by atoms with Crippen LogP contribution in [0.2, 0.25) is 0 Å². The van der Waals surface area contributed by atoms with E-state index in [4.69, 9.17) is 10.5 Å². The van der Waals surface area contributed by atoms with Gasteiger partial charge in [-0.05, 0) is 66.9 Å². The van der Waals surface area contributed by atoms with Gasteiger partial charge >= 0.3 is 0 Å². The summed E-state index contributed by atoms with van der Waals surface area (Å²) in [5.74, 6) is 0.774. The Morgan fingerprint density at radius 1 is 0.828 bits per heavy atom. The fourth-order valence-corrected chi connectivity index (χ4v) is 3.69. The molecule has 2 amide bonds. The standard InChI is InChI=1S/C24H22N2O3/c25-23(27)18-8-12-20(13-9-18)29-21-14-10-19(11-15-21)24(28)26-16-4-7-22(26)17-5-2-1-3-6-17/h1-3,5-6,8-15,22H,4,7,16H2,(H2,25,27). The van der Waals surface area contributed by atoms with Crippen molar-refractivity contribution in [3.05, 3.63) is 95.6 Å². The van der Waals surface area contributed by atoms with E-state index in [-0.39, 0.29) is 11.9 Å². The third-order valence-corrected chi connectivity index (χ3v) is 5.17. The molecular weight excluding hydrogens is 364 g/mol. The lowest BCUT2D eigenvalue weighted by Gasteiger charge is -2.25. The fraction of sp³-hybridized carbons (Fsp3) is 0.167. The number of ether oxygens (including phenoxy) is 1. The van der Waals surface area contributed by atoms with Gasteiger partial charge in [0, 0.05) is 17.7 Å². The molecule has 0 aliphatic carbocycles. The maximum atomic E-state index is 13.0. The lowest BCUT2D eigenvalue weighted by molar-refractivity contribution is 0.0735. The molecule has 29 heavy (non-hydrogen) atoms. The van der Waals surface area contributed by atoms with Gasteiger partial charge in [-0.25, -0.2) is 0 Å². The number of nitrogens with zero attached hydrogens (tertiary/aromatic N) is 1. The lowest BCUT2D eigenvalue weighted by Crippen LogP contribution is -2.30. The normalized spacial score (nSPS) is 15.9. The van der Waals surface area contributed by atoms with Gasteiger partial charge in [-0.1, -0.05) is 30.3 Å². The fourth-order valence-electron chi connectivity index (χ4n) is 3.69. The largest absolute Gasteiger partial charge is 0.457 e. The summed E-state index contributed by atoms with van der Waals surface area (Å²) in [5, 5.41) is 0. The molecule has 0 aromatic heterocycles. The molecule has 2 N–H and O–H groups in total. The quantitative estimate of drug-likeness (QED) is 0.699. The van der Waals surface area contributed by atoms with Crippen LogP contribution >= 0.6 is 0 Å². The Labute approximate surface area is 169 Å². The lowest BCUT2D eigenvalue weighted by atomic mass is 10.0. The first-order valence-corrected chi connectivity index (χ1v) is 9.65. The van der Waals surface area contributed by atoms with E-state index in [0.29, 0.717) is 22.6 Å². The SMILES string of the molecule is NC(=O)c1ccc(Oc2ccc(C(=O)N3CCCC3c3ccccc3)cc2)cc1. The number of primary amides is 1. The average molecular weight is 386 g/mol. The zero-order valence-electron chi connectivity index (χ0n) is 16.0. The molecule has 5 heteroatoms. The maximum Gasteiger partial charge on any atom is 0.254 e. The van der Waals surface area contributed by atoms with Crippen LogP contribution in [0.15, 0.2) is 78.9 Å². The number of rotatable bonds is 5. The van der Waals surface area contributed by atoms with Crippen molar-refractivity contribution in [2.75, 3.05) is 6.54 Å². The van der Waals surface area contributed by atoms with E-state index >= 15 is 0 Å². The third kappa shape index (κ3) is 4.14. The topological polar surface area (TPSA) is 72.6 Å². The zero-order valence-corrected chi connectivity index (χ0v) is 16.0. The first kappa shape index (κ1) is 18.7. The summed E-state index contributed by atoms with van der Waals surface area (Å²) in [6.07, 6.45) is 1.99. The van der Waals surface area contributed by atoms with Crippen molar-refractivity contribution >= 4 is 11.8 Å². The minimum Gasteiger partial charge on any atom is -0.457 e. The predicted octanol–water partition coefficient (Wildman–Crippen LogP) is 4.56. The van der Waals surface area contributed by atoms with Crippen LogP contribution in [0.25, 0.3) is 0 Å². The number of hydrogen-bond acceptors (Lipinski definition) is 3. The van der Waals surface area contributed by atoms with Gasteiger partial charge in [0.2, 0.25) is 5.91 Å². The van der Waals surface area contributed by atoms with E-state index in [1.54, 1.807) is 48.5 Å². The number of amides is 2. The molecule has 1 saturated heterocycles. The first-order valence-electron chi connectivity index (χ1n) is 9.65. The van der Waals surface area contributed by atoms with Crippen LogP contribution in [-0.4, -0.2) is 23.3 Å². The van der Waals surface area contributed by atoms with E-state index in [0.717, 1.165) is 19.4 Å². The molecule has 1 heterocycles. The Bertz CT molecular complexity index is 999. The number of benzene rings is 3. The molecular formula is C24H22N2O3. The van der Waals surface area contributed by atoms with Gasteiger partial charge in [0.15, 0.2) is 0 Å². The summed E-state index contributed by atoms with van der Waals surface area (Å²) < 4.78 is 5.79. The van der Waals surface area contributed by atoms with E-state index in [9.17, 15) is 9.59 Å². The highest BCUT2D eigenvalue weighted by atomic mass is 16.5. The molecule has 0 radical (unpaired) electrons. The van der Waals surface area contributed by atoms with Crippen LogP contribution in [0.1, 0.15) is 45.2 Å².